The molecule has 0 saturated carbocycles. The fourth-order valence-electron chi connectivity index (χ4n) is 2.30. The smallest absolute Gasteiger partial charge is 0.252 e. The molecule has 0 unspecified atom stereocenters. The molecule has 3 aromatic rings. The number of rotatable bonds is 5. The van der Waals surface area contributed by atoms with Crippen molar-refractivity contribution in [1.82, 2.24) is 15.3 Å². The van der Waals surface area contributed by atoms with E-state index in [1.54, 1.807) is 30.5 Å². The molecule has 0 aliphatic rings. The number of carbonyl (C=O) groups is 1. The molecule has 0 spiro atoms. The molecule has 24 heavy (non-hydrogen) atoms. The van der Waals surface area contributed by atoms with Gasteiger partial charge in [0.1, 0.15) is 17.4 Å². The molecule has 0 radical (unpaired) electrons. The van der Waals surface area contributed by atoms with E-state index >= 15 is 0 Å². The summed E-state index contributed by atoms with van der Waals surface area (Å²) in [5.74, 6) is 1.08. The average molecular weight is 324 g/mol. The van der Waals surface area contributed by atoms with E-state index in [4.69, 9.17) is 10.2 Å². The lowest BCUT2D eigenvalue weighted by Crippen LogP contribution is -2.27. The number of nitrogens with zero attached hydrogens (tertiary/aromatic N) is 1. The van der Waals surface area contributed by atoms with E-state index in [-0.39, 0.29) is 17.3 Å². The lowest BCUT2D eigenvalue weighted by Gasteiger charge is -2.06. The summed E-state index contributed by atoms with van der Waals surface area (Å²) in [6, 6.07) is 12.0. The van der Waals surface area contributed by atoms with Gasteiger partial charge in [0, 0.05) is 30.2 Å². The third-order valence-corrected chi connectivity index (χ3v) is 3.39. The summed E-state index contributed by atoms with van der Waals surface area (Å²) in [7, 11) is 0. The van der Waals surface area contributed by atoms with Crippen molar-refractivity contribution in [3.8, 4) is 11.3 Å². The second kappa shape index (κ2) is 6.82. The molecule has 0 aliphatic carbocycles. The highest BCUT2D eigenvalue weighted by atomic mass is 16.3. The molecule has 2 aromatic heterocycles. The number of furan rings is 1. The van der Waals surface area contributed by atoms with E-state index < -0.39 is 0 Å². The van der Waals surface area contributed by atoms with Crippen molar-refractivity contribution in [3.63, 3.8) is 0 Å². The highest BCUT2D eigenvalue weighted by molar-refractivity contribution is 5.95. The van der Waals surface area contributed by atoms with Gasteiger partial charge in [0.05, 0.1) is 6.26 Å². The van der Waals surface area contributed by atoms with Crippen LogP contribution in [0.1, 0.15) is 16.2 Å². The molecule has 0 fully saturated rings. The minimum Gasteiger partial charge on any atom is -0.464 e. The molecular weight excluding hydrogens is 308 g/mol. The number of H-pyrrole nitrogens is 1. The van der Waals surface area contributed by atoms with Crippen LogP contribution >= 0.6 is 0 Å². The fraction of sp³-hybridized carbons (Fsp3) is 0.118. The Labute approximate surface area is 137 Å². The maximum absolute atomic E-state index is 12.2. The van der Waals surface area contributed by atoms with Crippen LogP contribution in [0.3, 0.4) is 0 Å². The molecule has 3 rings (SSSR count). The Hall–Kier alpha value is -3.35. The quantitative estimate of drug-likeness (QED) is 0.659. The molecular formula is C17H16N4O3. The van der Waals surface area contributed by atoms with Crippen molar-refractivity contribution in [3.05, 3.63) is 70.5 Å². The number of hydrogen-bond acceptors (Lipinski definition) is 5. The van der Waals surface area contributed by atoms with Crippen LogP contribution in [-0.2, 0) is 6.42 Å². The molecule has 2 heterocycles. The predicted octanol–water partition coefficient (Wildman–Crippen LogP) is 1.58. The van der Waals surface area contributed by atoms with Gasteiger partial charge in [-0.3, -0.25) is 9.59 Å². The first-order valence-corrected chi connectivity index (χ1v) is 7.40. The number of nitrogens with two attached hydrogens (primary N) is 1. The van der Waals surface area contributed by atoms with Crippen molar-refractivity contribution in [2.45, 2.75) is 6.42 Å². The summed E-state index contributed by atoms with van der Waals surface area (Å²) in [5.41, 5.74) is 6.56. The second-order valence-electron chi connectivity index (χ2n) is 5.18. The van der Waals surface area contributed by atoms with Gasteiger partial charge in [0.2, 0.25) is 0 Å². The van der Waals surface area contributed by atoms with Crippen LogP contribution in [0.25, 0.3) is 11.3 Å². The first-order chi connectivity index (χ1) is 11.6. The van der Waals surface area contributed by atoms with Gasteiger partial charge in [0.25, 0.3) is 11.5 Å². The van der Waals surface area contributed by atoms with Crippen LogP contribution in [0, 0.1) is 0 Å². The summed E-state index contributed by atoms with van der Waals surface area (Å²) in [6.07, 6.45) is 1.96. The van der Waals surface area contributed by atoms with Gasteiger partial charge < -0.3 is 20.5 Å². The zero-order valence-corrected chi connectivity index (χ0v) is 12.8. The number of hydrogen-bond donors (Lipinski definition) is 3. The Morgan fingerprint density at radius 2 is 2.12 bits per heavy atom. The average Bonchev–Trinajstić information content (AvgIpc) is 3.08. The van der Waals surface area contributed by atoms with Crippen LogP contribution in [-0.4, -0.2) is 22.4 Å². The number of aromatic amines is 1. The minimum atomic E-state index is -0.310. The molecule has 7 heteroatoms. The van der Waals surface area contributed by atoms with Gasteiger partial charge in [-0.1, -0.05) is 12.1 Å². The van der Waals surface area contributed by atoms with Crippen LogP contribution in [0.4, 0.5) is 5.82 Å². The molecule has 0 bridgehead atoms. The molecule has 1 aromatic carbocycles. The first kappa shape index (κ1) is 15.5. The lowest BCUT2D eigenvalue weighted by molar-refractivity contribution is 0.0954. The van der Waals surface area contributed by atoms with Crippen molar-refractivity contribution in [2.75, 3.05) is 12.3 Å². The van der Waals surface area contributed by atoms with Crippen LogP contribution in [0.15, 0.2) is 57.9 Å². The van der Waals surface area contributed by atoms with Crippen LogP contribution in [0.5, 0.6) is 0 Å². The Kier molecular flexibility index (Phi) is 4.42. The number of nitrogen functional groups attached to an aromatic ring is 1. The predicted molar refractivity (Wildman–Crippen MR) is 89.5 cm³/mol. The van der Waals surface area contributed by atoms with E-state index in [0.29, 0.717) is 30.1 Å². The number of carbonyl (C=O) groups excluding carboxylic acids is 1. The summed E-state index contributed by atoms with van der Waals surface area (Å²) in [4.78, 5) is 30.1. The maximum Gasteiger partial charge on any atom is 0.252 e. The summed E-state index contributed by atoms with van der Waals surface area (Å²) in [5, 5.41) is 2.79. The Bertz CT molecular complexity index is 900. The zero-order valence-electron chi connectivity index (χ0n) is 12.8. The third kappa shape index (κ3) is 3.70. The van der Waals surface area contributed by atoms with Gasteiger partial charge in [-0.15, -0.1) is 0 Å². The minimum absolute atomic E-state index is 0.159. The van der Waals surface area contributed by atoms with E-state index in [0.717, 1.165) is 5.56 Å². The number of anilines is 1. The van der Waals surface area contributed by atoms with Gasteiger partial charge in [-0.25, -0.2) is 4.98 Å². The first-order valence-electron chi connectivity index (χ1n) is 7.40. The third-order valence-electron chi connectivity index (χ3n) is 3.39. The molecule has 122 valence electrons. The Morgan fingerprint density at radius 3 is 2.88 bits per heavy atom. The second-order valence-corrected chi connectivity index (χ2v) is 5.18. The number of amides is 1. The number of benzene rings is 1. The summed E-state index contributed by atoms with van der Waals surface area (Å²) in [6.45, 7) is 0.330. The Morgan fingerprint density at radius 1 is 1.25 bits per heavy atom. The maximum atomic E-state index is 12.2. The topological polar surface area (TPSA) is 114 Å². The Balaban J connectivity index is 1.63. The van der Waals surface area contributed by atoms with Crippen LogP contribution < -0.4 is 16.6 Å². The number of aromatic nitrogens is 2. The van der Waals surface area contributed by atoms with E-state index in [2.05, 4.69) is 15.3 Å². The highest BCUT2D eigenvalue weighted by Gasteiger charge is 2.08. The van der Waals surface area contributed by atoms with E-state index in [9.17, 15) is 9.59 Å². The van der Waals surface area contributed by atoms with Crippen molar-refractivity contribution in [2.24, 2.45) is 0 Å². The van der Waals surface area contributed by atoms with Gasteiger partial charge >= 0.3 is 0 Å². The SMILES string of the molecule is Nc1cc(=O)[nH]c(CCNC(=O)c2cccc(-c3ccco3)c2)n1. The van der Waals surface area contributed by atoms with E-state index in [1.165, 1.54) is 6.07 Å². The molecule has 0 aliphatic heterocycles. The number of nitrogens with one attached hydrogen (secondary N) is 2. The molecule has 0 saturated heterocycles. The molecule has 4 N–H and O–H groups in total. The largest absolute Gasteiger partial charge is 0.464 e. The summed E-state index contributed by atoms with van der Waals surface area (Å²) < 4.78 is 5.33. The lowest BCUT2D eigenvalue weighted by atomic mass is 10.1. The van der Waals surface area contributed by atoms with Gasteiger partial charge in [-0.2, -0.15) is 0 Å². The monoisotopic (exact) mass is 324 g/mol. The molecule has 7 nitrogen and oxygen atoms in total. The van der Waals surface area contributed by atoms with Gasteiger partial charge in [0.15, 0.2) is 0 Å². The van der Waals surface area contributed by atoms with Crippen molar-refractivity contribution in [1.29, 1.82) is 0 Å². The molecule has 0 atom stereocenters. The summed E-state index contributed by atoms with van der Waals surface area (Å²) >= 11 is 0. The standard InChI is InChI=1S/C17H16N4O3/c18-14-10-16(22)21-15(20-14)6-7-19-17(23)12-4-1-3-11(9-12)13-5-2-8-24-13/h1-5,8-10H,6-7H2,(H,19,23)(H3,18,20,21,22). The zero-order chi connectivity index (χ0) is 16.9. The molecule has 1 amide bonds. The normalized spacial score (nSPS) is 10.5. The fourth-order valence-corrected chi connectivity index (χ4v) is 2.30. The van der Waals surface area contributed by atoms with Crippen molar-refractivity contribution < 1.29 is 9.21 Å². The van der Waals surface area contributed by atoms with Crippen LogP contribution in [0.2, 0.25) is 0 Å². The van der Waals surface area contributed by atoms with E-state index in [1.807, 2.05) is 12.1 Å². The van der Waals surface area contributed by atoms with Gasteiger partial charge in [-0.05, 0) is 24.3 Å². The highest BCUT2D eigenvalue weighted by Crippen LogP contribution is 2.20. The van der Waals surface area contributed by atoms with Crippen molar-refractivity contribution >= 4 is 11.7 Å².